The van der Waals surface area contributed by atoms with Gasteiger partial charge in [0.1, 0.15) is 0 Å². The van der Waals surface area contributed by atoms with Gasteiger partial charge in [-0.1, -0.05) is 61.5 Å². The van der Waals surface area contributed by atoms with E-state index in [0.717, 1.165) is 5.56 Å². The minimum Gasteiger partial charge on any atom is -0.287 e. The van der Waals surface area contributed by atoms with Crippen LogP contribution in [0.5, 0.6) is 0 Å². The molecule has 0 aliphatic heterocycles. The molecule has 2 N–H and O–H groups in total. The second kappa shape index (κ2) is 7.05. The molecule has 2 aromatic carbocycles. The van der Waals surface area contributed by atoms with Crippen LogP contribution in [0.25, 0.3) is 0 Å². The lowest BCUT2D eigenvalue weighted by atomic mass is 9.81. The maximum atomic E-state index is 12.2. The van der Waals surface area contributed by atoms with Crippen molar-refractivity contribution in [1.29, 1.82) is 0 Å². The fourth-order valence-corrected chi connectivity index (χ4v) is 2.32. The molecule has 22 heavy (non-hydrogen) atoms. The Morgan fingerprint density at radius 2 is 1.64 bits per heavy atom. The summed E-state index contributed by atoms with van der Waals surface area (Å²) in [7, 11) is 0. The number of benzene rings is 2. The molecule has 0 aliphatic rings. The molecule has 2 atom stereocenters. The van der Waals surface area contributed by atoms with Crippen molar-refractivity contribution in [1.82, 2.24) is 10.9 Å². The van der Waals surface area contributed by atoms with E-state index in [2.05, 4.69) is 31.3 Å². The molecule has 0 unspecified atom stereocenters. The average Bonchev–Trinajstić information content (AvgIpc) is 2.60. The first-order chi connectivity index (χ1) is 10.6. The van der Waals surface area contributed by atoms with Gasteiger partial charge in [-0.15, -0.1) is 6.58 Å². The highest BCUT2D eigenvalue weighted by atomic mass is 16.2. The van der Waals surface area contributed by atoms with Crippen molar-refractivity contribution in [2.45, 2.75) is 19.4 Å². The van der Waals surface area contributed by atoms with Gasteiger partial charge in [0.25, 0.3) is 5.91 Å². The number of hydrogen-bond donors (Lipinski definition) is 2. The van der Waals surface area contributed by atoms with Crippen molar-refractivity contribution in [3.05, 3.63) is 84.4 Å². The highest BCUT2D eigenvalue weighted by Crippen LogP contribution is 2.29. The summed E-state index contributed by atoms with van der Waals surface area (Å²) in [6, 6.07) is 19.2. The molecule has 0 radical (unpaired) electrons. The zero-order valence-corrected chi connectivity index (χ0v) is 13.0. The van der Waals surface area contributed by atoms with Gasteiger partial charge in [0, 0.05) is 5.56 Å². The normalized spacial score (nSPS) is 14.6. The molecular formula is C19H22N2O. The molecule has 0 aromatic heterocycles. The first-order valence-corrected chi connectivity index (χ1v) is 7.38. The van der Waals surface area contributed by atoms with Gasteiger partial charge >= 0.3 is 0 Å². The molecule has 0 bridgehead atoms. The van der Waals surface area contributed by atoms with Gasteiger partial charge < -0.3 is 0 Å². The summed E-state index contributed by atoms with van der Waals surface area (Å²) >= 11 is 0. The lowest BCUT2D eigenvalue weighted by Gasteiger charge is -2.36. The Kier molecular flexibility index (Phi) is 5.12. The topological polar surface area (TPSA) is 41.1 Å². The Balaban J connectivity index is 2.18. The van der Waals surface area contributed by atoms with E-state index in [1.54, 1.807) is 12.1 Å². The lowest BCUT2D eigenvalue weighted by Crippen LogP contribution is -2.53. The second-order valence-corrected chi connectivity index (χ2v) is 5.54. The molecule has 3 nitrogen and oxygen atoms in total. The van der Waals surface area contributed by atoms with Gasteiger partial charge in [-0.3, -0.25) is 10.2 Å². The highest BCUT2D eigenvalue weighted by Gasteiger charge is 2.31. The first kappa shape index (κ1) is 16.0. The van der Waals surface area contributed by atoms with Crippen LogP contribution in [-0.2, 0) is 5.54 Å². The maximum Gasteiger partial charge on any atom is 0.265 e. The van der Waals surface area contributed by atoms with Crippen LogP contribution >= 0.6 is 0 Å². The number of nitrogens with one attached hydrogen (secondary N) is 2. The molecule has 0 saturated carbocycles. The van der Waals surface area contributed by atoms with Crippen molar-refractivity contribution in [3.8, 4) is 0 Å². The van der Waals surface area contributed by atoms with E-state index in [-0.39, 0.29) is 11.8 Å². The molecule has 114 valence electrons. The Hall–Kier alpha value is -2.39. The third kappa shape index (κ3) is 3.43. The number of carbonyl (C=O) groups is 1. The van der Waals surface area contributed by atoms with Crippen LogP contribution in [0, 0.1) is 5.92 Å². The van der Waals surface area contributed by atoms with Crippen molar-refractivity contribution in [3.63, 3.8) is 0 Å². The lowest BCUT2D eigenvalue weighted by molar-refractivity contribution is 0.0894. The van der Waals surface area contributed by atoms with E-state index >= 15 is 0 Å². The summed E-state index contributed by atoms with van der Waals surface area (Å²) in [5.74, 6) is -0.0232. The van der Waals surface area contributed by atoms with E-state index < -0.39 is 5.54 Å². The summed E-state index contributed by atoms with van der Waals surface area (Å²) in [5, 5.41) is 0. The molecule has 0 heterocycles. The van der Waals surface area contributed by atoms with Crippen molar-refractivity contribution in [2.24, 2.45) is 5.92 Å². The van der Waals surface area contributed by atoms with Crippen LogP contribution < -0.4 is 10.9 Å². The van der Waals surface area contributed by atoms with Gasteiger partial charge in [0.05, 0.1) is 5.54 Å². The zero-order chi connectivity index (χ0) is 16.0. The van der Waals surface area contributed by atoms with Crippen LogP contribution in [0.4, 0.5) is 0 Å². The van der Waals surface area contributed by atoms with Crippen LogP contribution in [-0.4, -0.2) is 5.91 Å². The Labute approximate surface area is 132 Å². The third-order valence-electron chi connectivity index (χ3n) is 4.11. The second-order valence-electron chi connectivity index (χ2n) is 5.54. The molecule has 0 fully saturated rings. The molecular weight excluding hydrogens is 272 g/mol. The third-order valence-corrected chi connectivity index (χ3v) is 4.11. The van der Waals surface area contributed by atoms with Gasteiger partial charge in [-0.25, -0.2) is 5.43 Å². The van der Waals surface area contributed by atoms with Crippen molar-refractivity contribution < 1.29 is 4.79 Å². The van der Waals surface area contributed by atoms with Crippen LogP contribution in [0.15, 0.2) is 73.3 Å². The summed E-state index contributed by atoms with van der Waals surface area (Å²) in [6.07, 6.45) is 1.88. The monoisotopic (exact) mass is 294 g/mol. The summed E-state index contributed by atoms with van der Waals surface area (Å²) in [6.45, 7) is 8.01. The van der Waals surface area contributed by atoms with Crippen LogP contribution in [0.3, 0.4) is 0 Å². The predicted molar refractivity (Wildman–Crippen MR) is 90.2 cm³/mol. The quantitative estimate of drug-likeness (QED) is 0.630. The summed E-state index contributed by atoms with van der Waals surface area (Å²) < 4.78 is 0. The maximum absolute atomic E-state index is 12.2. The van der Waals surface area contributed by atoms with E-state index in [9.17, 15) is 4.79 Å². The SMILES string of the molecule is C=C[C@H](C)[C@](C)(NNC(=O)c1ccccc1)c1ccccc1. The van der Waals surface area contributed by atoms with Crippen molar-refractivity contribution >= 4 is 5.91 Å². The fourth-order valence-electron chi connectivity index (χ4n) is 2.32. The molecule has 3 heteroatoms. The van der Waals surface area contributed by atoms with Crippen LogP contribution in [0.1, 0.15) is 29.8 Å². The number of carbonyl (C=O) groups excluding carboxylic acids is 1. The van der Waals surface area contributed by atoms with Crippen LogP contribution in [0.2, 0.25) is 0 Å². The standard InChI is InChI=1S/C19H22N2O/c1-4-15(2)19(3,17-13-9-6-10-14-17)21-20-18(22)16-11-7-5-8-12-16/h4-15,21H,1H2,2-3H3,(H,20,22)/t15-,19-/m0/s1. The predicted octanol–water partition coefficient (Wildman–Crippen LogP) is 3.66. The minimum atomic E-state index is -0.437. The van der Waals surface area contributed by atoms with E-state index in [1.807, 2.05) is 54.6 Å². The van der Waals surface area contributed by atoms with E-state index in [0.29, 0.717) is 5.56 Å². The Morgan fingerprint density at radius 3 is 2.18 bits per heavy atom. The highest BCUT2D eigenvalue weighted by molar-refractivity contribution is 5.93. The largest absolute Gasteiger partial charge is 0.287 e. The average molecular weight is 294 g/mol. The zero-order valence-electron chi connectivity index (χ0n) is 13.0. The first-order valence-electron chi connectivity index (χ1n) is 7.38. The molecule has 0 spiro atoms. The van der Waals surface area contributed by atoms with Gasteiger partial charge in [0.15, 0.2) is 0 Å². The molecule has 0 saturated heterocycles. The molecule has 2 rings (SSSR count). The number of amides is 1. The van der Waals surface area contributed by atoms with E-state index in [4.69, 9.17) is 0 Å². The molecule has 0 aliphatic carbocycles. The summed E-state index contributed by atoms with van der Waals surface area (Å²) in [5.41, 5.74) is 7.29. The molecule has 2 aromatic rings. The smallest absolute Gasteiger partial charge is 0.265 e. The van der Waals surface area contributed by atoms with Gasteiger partial charge in [0.2, 0.25) is 0 Å². The number of hydrogen-bond acceptors (Lipinski definition) is 2. The van der Waals surface area contributed by atoms with Gasteiger partial charge in [-0.2, -0.15) is 0 Å². The Bertz CT molecular complexity index is 624. The number of rotatable bonds is 6. The number of hydrazine groups is 1. The minimum absolute atomic E-state index is 0.131. The molecule has 1 amide bonds. The fraction of sp³-hybridized carbons (Fsp3) is 0.211. The summed E-state index contributed by atoms with van der Waals surface area (Å²) in [4.78, 5) is 12.2. The Morgan fingerprint density at radius 1 is 1.09 bits per heavy atom. The van der Waals surface area contributed by atoms with Crippen molar-refractivity contribution in [2.75, 3.05) is 0 Å². The van der Waals surface area contributed by atoms with Gasteiger partial charge in [-0.05, 0) is 30.5 Å². The van der Waals surface area contributed by atoms with E-state index in [1.165, 1.54) is 0 Å².